The van der Waals surface area contributed by atoms with Gasteiger partial charge in [0.1, 0.15) is 12.4 Å². The third-order valence-corrected chi connectivity index (χ3v) is 6.32. The molecule has 0 saturated heterocycles. The van der Waals surface area contributed by atoms with E-state index >= 15 is 0 Å². The molecule has 5 heteroatoms. The Bertz CT molecular complexity index is 880. The second-order valence-corrected chi connectivity index (χ2v) is 8.58. The van der Waals surface area contributed by atoms with E-state index in [0.29, 0.717) is 25.1 Å². The van der Waals surface area contributed by atoms with Crippen molar-refractivity contribution >= 4 is 0 Å². The molecule has 2 fully saturated rings. The highest BCUT2D eigenvalue weighted by Crippen LogP contribution is 2.34. The minimum absolute atomic E-state index is 0.106. The Labute approximate surface area is 165 Å². The fraction of sp³-hybridized carbons (Fsp3) is 0.565. The summed E-state index contributed by atoms with van der Waals surface area (Å²) in [7, 11) is 0. The Kier molecular flexibility index (Phi) is 4.83. The fourth-order valence-electron chi connectivity index (χ4n) is 4.54. The van der Waals surface area contributed by atoms with Crippen LogP contribution in [0.4, 0.5) is 0 Å². The van der Waals surface area contributed by atoms with Gasteiger partial charge in [-0.25, -0.2) is 0 Å². The Morgan fingerprint density at radius 2 is 1.86 bits per heavy atom. The summed E-state index contributed by atoms with van der Waals surface area (Å²) >= 11 is 0. The SMILES string of the molecule is O=c1cc(CC2CC2)n2c(n1)O[C@H](COc1ccc(C3CCCCC3)cc1)C2. The summed E-state index contributed by atoms with van der Waals surface area (Å²) in [6, 6.07) is 10.7. The van der Waals surface area contributed by atoms with Crippen LogP contribution in [0.25, 0.3) is 0 Å². The van der Waals surface area contributed by atoms with Gasteiger partial charge < -0.3 is 9.47 Å². The number of aromatic nitrogens is 2. The van der Waals surface area contributed by atoms with Gasteiger partial charge in [0, 0.05) is 11.8 Å². The van der Waals surface area contributed by atoms with Crippen LogP contribution in [-0.2, 0) is 13.0 Å². The molecule has 0 unspecified atom stereocenters. The van der Waals surface area contributed by atoms with Gasteiger partial charge in [0.05, 0.1) is 6.54 Å². The zero-order valence-electron chi connectivity index (χ0n) is 16.3. The van der Waals surface area contributed by atoms with Crippen LogP contribution in [0.1, 0.15) is 62.1 Å². The highest BCUT2D eigenvalue weighted by molar-refractivity contribution is 5.29. The largest absolute Gasteiger partial charge is 0.490 e. The molecule has 2 heterocycles. The molecule has 0 N–H and O–H groups in total. The lowest BCUT2D eigenvalue weighted by Gasteiger charge is -2.22. The minimum Gasteiger partial charge on any atom is -0.490 e. The molecular weight excluding hydrogens is 352 g/mol. The molecule has 5 nitrogen and oxygen atoms in total. The molecule has 1 aromatic carbocycles. The summed E-state index contributed by atoms with van der Waals surface area (Å²) in [6.07, 6.45) is 10.1. The molecule has 5 rings (SSSR count). The van der Waals surface area contributed by atoms with Gasteiger partial charge in [-0.1, -0.05) is 31.4 Å². The summed E-state index contributed by atoms with van der Waals surface area (Å²) < 4.78 is 13.9. The van der Waals surface area contributed by atoms with Crippen LogP contribution in [0, 0.1) is 5.92 Å². The molecule has 1 atom stereocenters. The average molecular weight is 380 g/mol. The van der Waals surface area contributed by atoms with Gasteiger partial charge in [-0.2, -0.15) is 4.98 Å². The average Bonchev–Trinajstić information content (AvgIpc) is 3.44. The molecule has 2 aliphatic carbocycles. The highest BCUT2D eigenvalue weighted by Gasteiger charge is 2.29. The van der Waals surface area contributed by atoms with Gasteiger partial charge in [0.2, 0.25) is 0 Å². The number of fused-ring (bicyclic) bond motifs is 1. The lowest BCUT2D eigenvalue weighted by atomic mass is 9.84. The lowest BCUT2D eigenvalue weighted by Crippen LogP contribution is -2.23. The van der Waals surface area contributed by atoms with Crippen LogP contribution in [-0.4, -0.2) is 22.3 Å². The smallest absolute Gasteiger partial charge is 0.300 e. The first kappa shape index (κ1) is 17.8. The predicted octanol–water partition coefficient (Wildman–Crippen LogP) is 4.08. The maximum atomic E-state index is 11.9. The summed E-state index contributed by atoms with van der Waals surface area (Å²) in [5.41, 5.74) is 2.28. The van der Waals surface area contributed by atoms with Crippen molar-refractivity contribution in [2.24, 2.45) is 5.92 Å². The van der Waals surface area contributed by atoms with Gasteiger partial charge in [-0.05, 0) is 61.6 Å². The summed E-state index contributed by atoms with van der Waals surface area (Å²) in [5.74, 6) is 2.31. The number of rotatable bonds is 6. The molecule has 0 bridgehead atoms. The third-order valence-electron chi connectivity index (χ3n) is 6.32. The molecule has 148 valence electrons. The van der Waals surface area contributed by atoms with Crippen molar-refractivity contribution in [2.75, 3.05) is 6.61 Å². The Balaban J connectivity index is 1.20. The molecule has 2 aromatic rings. The predicted molar refractivity (Wildman–Crippen MR) is 107 cm³/mol. The van der Waals surface area contributed by atoms with E-state index in [1.54, 1.807) is 6.07 Å². The number of hydrogen-bond acceptors (Lipinski definition) is 4. The fourth-order valence-corrected chi connectivity index (χ4v) is 4.54. The van der Waals surface area contributed by atoms with Crippen LogP contribution < -0.4 is 15.0 Å². The normalized spacial score (nSPS) is 21.9. The van der Waals surface area contributed by atoms with Crippen LogP contribution in [0.15, 0.2) is 35.1 Å². The summed E-state index contributed by atoms with van der Waals surface area (Å²) in [4.78, 5) is 15.9. The van der Waals surface area contributed by atoms with E-state index in [0.717, 1.165) is 23.8 Å². The molecule has 1 aromatic heterocycles. The topological polar surface area (TPSA) is 53.4 Å². The van der Waals surface area contributed by atoms with E-state index in [-0.39, 0.29) is 11.7 Å². The van der Waals surface area contributed by atoms with E-state index in [1.165, 1.54) is 50.5 Å². The summed E-state index contributed by atoms with van der Waals surface area (Å²) in [5, 5.41) is 0. The van der Waals surface area contributed by atoms with Crippen molar-refractivity contribution in [1.82, 2.24) is 9.55 Å². The van der Waals surface area contributed by atoms with E-state index < -0.39 is 0 Å². The van der Waals surface area contributed by atoms with E-state index in [2.05, 4.69) is 33.8 Å². The molecule has 0 spiro atoms. The van der Waals surface area contributed by atoms with Crippen molar-refractivity contribution in [3.05, 3.63) is 51.9 Å². The Morgan fingerprint density at radius 1 is 1.07 bits per heavy atom. The monoisotopic (exact) mass is 380 g/mol. The van der Waals surface area contributed by atoms with Crippen molar-refractivity contribution in [3.8, 4) is 11.8 Å². The zero-order chi connectivity index (χ0) is 18.9. The molecule has 0 radical (unpaired) electrons. The van der Waals surface area contributed by atoms with Crippen LogP contribution >= 0.6 is 0 Å². The Hall–Kier alpha value is -2.30. The van der Waals surface area contributed by atoms with Crippen molar-refractivity contribution in [2.45, 2.75) is 69.9 Å². The minimum atomic E-state index is -0.207. The van der Waals surface area contributed by atoms with Crippen molar-refractivity contribution in [3.63, 3.8) is 0 Å². The van der Waals surface area contributed by atoms with Gasteiger partial charge in [-0.3, -0.25) is 9.36 Å². The number of ether oxygens (including phenoxy) is 2. The first-order valence-electron chi connectivity index (χ1n) is 10.7. The standard InChI is InChI=1S/C23H28N2O3/c26-22-13-19(12-16-6-7-16)25-14-21(28-23(25)24-22)15-27-20-10-8-18(9-11-20)17-4-2-1-3-5-17/h8-11,13,16-17,21H,1-7,12,14-15H2/t21-/m0/s1. The second-order valence-electron chi connectivity index (χ2n) is 8.58. The van der Waals surface area contributed by atoms with Crippen LogP contribution in [0.2, 0.25) is 0 Å². The van der Waals surface area contributed by atoms with Crippen LogP contribution in [0.5, 0.6) is 11.8 Å². The number of benzene rings is 1. The van der Waals surface area contributed by atoms with Crippen molar-refractivity contribution < 1.29 is 9.47 Å². The quantitative estimate of drug-likeness (QED) is 0.758. The first-order chi connectivity index (χ1) is 13.7. The molecule has 28 heavy (non-hydrogen) atoms. The third kappa shape index (κ3) is 3.94. The molecule has 2 saturated carbocycles. The van der Waals surface area contributed by atoms with E-state index in [4.69, 9.17) is 9.47 Å². The second kappa shape index (κ2) is 7.61. The van der Waals surface area contributed by atoms with Crippen LogP contribution in [0.3, 0.4) is 0 Å². The maximum absolute atomic E-state index is 11.9. The summed E-state index contributed by atoms with van der Waals surface area (Å²) in [6.45, 7) is 1.16. The first-order valence-corrected chi connectivity index (χ1v) is 10.7. The molecule has 0 amide bonds. The molecular formula is C23H28N2O3. The maximum Gasteiger partial charge on any atom is 0.300 e. The zero-order valence-corrected chi connectivity index (χ0v) is 16.3. The Morgan fingerprint density at radius 3 is 2.61 bits per heavy atom. The molecule has 1 aliphatic heterocycles. The van der Waals surface area contributed by atoms with Gasteiger partial charge in [0.25, 0.3) is 11.6 Å². The van der Waals surface area contributed by atoms with Crippen molar-refractivity contribution in [1.29, 1.82) is 0 Å². The van der Waals surface area contributed by atoms with E-state index in [1.807, 2.05) is 0 Å². The van der Waals surface area contributed by atoms with Gasteiger partial charge >= 0.3 is 0 Å². The number of hydrogen-bond donors (Lipinski definition) is 0. The van der Waals surface area contributed by atoms with Gasteiger partial charge in [0.15, 0.2) is 6.10 Å². The van der Waals surface area contributed by atoms with Gasteiger partial charge in [-0.15, -0.1) is 0 Å². The molecule has 3 aliphatic rings. The number of nitrogens with zero attached hydrogens (tertiary/aromatic N) is 2. The highest BCUT2D eigenvalue weighted by atomic mass is 16.6. The lowest BCUT2D eigenvalue weighted by molar-refractivity contribution is 0.143. The van der Waals surface area contributed by atoms with E-state index in [9.17, 15) is 4.79 Å².